The molecule has 5 heteroatoms. The first-order chi connectivity index (χ1) is 8.74. The molecule has 4 nitrogen and oxygen atoms in total. The van der Waals surface area contributed by atoms with Gasteiger partial charge < -0.3 is 19.5 Å². The summed E-state index contributed by atoms with van der Waals surface area (Å²) < 4.78 is 5.32. The van der Waals surface area contributed by atoms with Crippen LogP contribution in [-0.2, 0) is 4.74 Å². The summed E-state index contributed by atoms with van der Waals surface area (Å²) in [6.45, 7) is 3.05. The van der Waals surface area contributed by atoms with Gasteiger partial charge in [0, 0.05) is 18.8 Å². The van der Waals surface area contributed by atoms with Crippen molar-refractivity contribution in [2.45, 2.75) is 18.8 Å². The van der Waals surface area contributed by atoms with Crippen LogP contribution in [0.3, 0.4) is 0 Å². The van der Waals surface area contributed by atoms with E-state index in [9.17, 15) is 9.90 Å². The molecule has 1 aliphatic heterocycles. The number of ether oxygens (including phenoxy) is 1. The molecule has 19 heavy (non-hydrogen) atoms. The van der Waals surface area contributed by atoms with E-state index < -0.39 is 5.97 Å². The summed E-state index contributed by atoms with van der Waals surface area (Å²) in [7, 11) is 0. The maximum absolute atomic E-state index is 11.1. The minimum atomic E-state index is -1.09. The monoisotopic (exact) mass is 253 g/mol. The molecule has 0 atom stereocenters. The van der Waals surface area contributed by atoms with Crippen LogP contribution in [0, 0.1) is 0 Å². The summed E-state index contributed by atoms with van der Waals surface area (Å²) in [4.78, 5) is 13.3. The number of benzene rings is 1. The number of aromatic carboxylic acids is 1. The predicted octanol–water partition coefficient (Wildman–Crippen LogP) is -2.23. The molecule has 3 rings (SSSR count). The molecule has 1 aromatic rings. The molecule has 0 radical (unpaired) electrons. The molecule has 0 unspecified atom stereocenters. The molecule has 0 bridgehead atoms. The van der Waals surface area contributed by atoms with Crippen LogP contribution in [0.25, 0.3) is 0 Å². The van der Waals surface area contributed by atoms with Crippen LogP contribution in [0.5, 0.6) is 0 Å². The molecule has 1 aliphatic carbocycles. The van der Waals surface area contributed by atoms with Crippen LogP contribution in [0.1, 0.15) is 34.7 Å². The fourth-order valence-corrected chi connectivity index (χ4v) is 2.41. The summed E-state index contributed by atoms with van der Waals surface area (Å²) in [5.74, 6) is -0.545. The number of carboxylic acids is 1. The zero-order chi connectivity index (χ0) is 12.5. The van der Waals surface area contributed by atoms with Crippen LogP contribution in [0.15, 0.2) is 18.2 Å². The minimum absolute atomic E-state index is 0. The topological polar surface area (TPSA) is 52.6 Å². The van der Waals surface area contributed by atoms with Gasteiger partial charge in [0.05, 0.1) is 19.2 Å². The van der Waals surface area contributed by atoms with Gasteiger partial charge in [-0.1, -0.05) is 0 Å². The molecule has 2 aliphatic rings. The Morgan fingerprint density at radius 1 is 1.21 bits per heavy atom. The first kappa shape index (κ1) is 14.5. The van der Waals surface area contributed by atoms with Crippen LogP contribution in [-0.4, -0.2) is 32.3 Å². The number of nitrogens with zero attached hydrogens (tertiary/aromatic N) is 1. The van der Waals surface area contributed by atoms with Gasteiger partial charge in [-0.05, 0) is 48.1 Å². The van der Waals surface area contributed by atoms with E-state index in [0.29, 0.717) is 24.7 Å². The van der Waals surface area contributed by atoms with E-state index in [-0.39, 0.29) is 18.9 Å². The van der Waals surface area contributed by atoms with E-state index in [1.54, 1.807) is 12.1 Å². The zero-order valence-electron chi connectivity index (χ0n) is 11.2. The molecule has 96 valence electrons. The molecule has 0 amide bonds. The number of morpholine rings is 1. The van der Waals surface area contributed by atoms with Crippen molar-refractivity contribution in [1.29, 1.82) is 0 Å². The molecule has 1 saturated heterocycles. The van der Waals surface area contributed by atoms with Crippen LogP contribution < -0.4 is 28.9 Å². The van der Waals surface area contributed by atoms with Gasteiger partial charge in [0.25, 0.3) is 0 Å². The Morgan fingerprint density at radius 2 is 1.89 bits per heavy atom. The van der Waals surface area contributed by atoms with Crippen molar-refractivity contribution in [2.24, 2.45) is 0 Å². The summed E-state index contributed by atoms with van der Waals surface area (Å²) in [6.07, 6.45) is 2.33. The summed E-state index contributed by atoms with van der Waals surface area (Å²) in [5.41, 5.74) is 2.42. The zero-order valence-corrected chi connectivity index (χ0v) is 11.2. The smallest absolute Gasteiger partial charge is 0.545 e. The van der Waals surface area contributed by atoms with Crippen molar-refractivity contribution in [3.63, 3.8) is 0 Å². The van der Waals surface area contributed by atoms with Crippen molar-refractivity contribution >= 4 is 11.7 Å². The first-order valence-corrected chi connectivity index (χ1v) is 6.43. The van der Waals surface area contributed by atoms with E-state index in [1.807, 2.05) is 0 Å². The number of carbonyl (C=O) groups is 1. The Kier molecular flexibility index (Phi) is 4.57. The fourth-order valence-electron chi connectivity index (χ4n) is 2.41. The maximum Gasteiger partial charge on any atom is 1.00 e. The van der Waals surface area contributed by atoms with Gasteiger partial charge >= 0.3 is 18.9 Å². The Morgan fingerprint density at radius 3 is 2.47 bits per heavy atom. The Bertz CT molecular complexity index is 468. The van der Waals surface area contributed by atoms with E-state index in [0.717, 1.165) is 24.3 Å². The second-order valence-electron chi connectivity index (χ2n) is 4.97. The SMILES string of the molecule is O=C([O-])c1cc(C2CC2)cc(N2CCOCC2)c1.[Li+]. The number of carbonyl (C=O) groups excluding carboxylic acids is 1. The van der Waals surface area contributed by atoms with Crippen molar-refractivity contribution in [1.82, 2.24) is 0 Å². The third-order valence-electron chi connectivity index (χ3n) is 3.60. The van der Waals surface area contributed by atoms with Gasteiger partial charge in [0.2, 0.25) is 0 Å². The number of anilines is 1. The van der Waals surface area contributed by atoms with Crippen molar-refractivity contribution in [2.75, 3.05) is 31.2 Å². The summed E-state index contributed by atoms with van der Waals surface area (Å²) >= 11 is 0. The van der Waals surface area contributed by atoms with Crippen LogP contribution in [0.2, 0.25) is 0 Å². The second kappa shape index (κ2) is 6.00. The van der Waals surface area contributed by atoms with E-state index in [4.69, 9.17) is 4.74 Å². The van der Waals surface area contributed by atoms with Crippen molar-refractivity contribution in [3.8, 4) is 0 Å². The molecule has 1 aromatic carbocycles. The average molecular weight is 253 g/mol. The molecule has 0 N–H and O–H groups in total. The van der Waals surface area contributed by atoms with Gasteiger partial charge in [-0.15, -0.1) is 0 Å². The van der Waals surface area contributed by atoms with E-state index >= 15 is 0 Å². The normalized spacial score (nSPS) is 18.8. The molecular weight excluding hydrogens is 237 g/mol. The molecule has 1 saturated carbocycles. The van der Waals surface area contributed by atoms with Crippen molar-refractivity contribution < 1.29 is 33.5 Å². The van der Waals surface area contributed by atoms with Crippen LogP contribution >= 0.6 is 0 Å². The number of hydrogen-bond donors (Lipinski definition) is 0. The van der Waals surface area contributed by atoms with Gasteiger partial charge in [-0.25, -0.2) is 0 Å². The van der Waals surface area contributed by atoms with Gasteiger partial charge in [-0.3, -0.25) is 0 Å². The first-order valence-electron chi connectivity index (χ1n) is 6.43. The van der Waals surface area contributed by atoms with Gasteiger partial charge in [-0.2, -0.15) is 0 Å². The summed E-state index contributed by atoms with van der Waals surface area (Å²) in [5, 5.41) is 11.1. The maximum atomic E-state index is 11.1. The average Bonchev–Trinajstić information content (AvgIpc) is 3.23. The Balaban J connectivity index is 0.00000133. The fraction of sp³-hybridized carbons (Fsp3) is 0.500. The third-order valence-corrected chi connectivity index (χ3v) is 3.60. The second-order valence-corrected chi connectivity index (χ2v) is 4.97. The molecule has 1 heterocycles. The molecule has 2 fully saturated rings. The Hall–Kier alpha value is -0.953. The van der Waals surface area contributed by atoms with E-state index in [1.165, 1.54) is 12.8 Å². The number of carboxylic acid groups (broad SMARTS) is 1. The third kappa shape index (κ3) is 3.33. The standard InChI is InChI=1S/C14H17NO3.Li/c16-14(17)12-7-11(10-1-2-10)8-13(9-12)15-3-5-18-6-4-15;/h7-10H,1-6H2,(H,16,17);/q;+1/p-1. The quantitative estimate of drug-likeness (QED) is 0.572. The largest absolute Gasteiger partial charge is 1.00 e. The molecule has 0 spiro atoms. The minimum Gasteiger partial charge on any atom is -0.545 e. The van der Waals surface area contributed by atoms with Gasteiger partial charge in [0.1, 0.15) is 0 Å². The van der Waals surface area contributed by atoms with Crippen LogP contribution in [0.4, 0.5) is 5.69 Å². The molecule has 0 aromatic heterocycles. The summed E-state index contributed by atoms with van der Waals surface area (Å²) in [6, 6.07) is 5.60. The van der Waals surface area contributed by atoms with E-state index in [2.05, 4.69) is 11.0 Å². The van der Waals surface area contributed by atoms with Gasteiger partial charge in [0.15, 0.2) is 0 Å². The number of rotatable bonds is 3. The Labute approximate surface area is 124 Å². The number of hydrogen-bond acceptors (Lipinski definition) is 4. The molecular formula is C14H16LiNO3. The predicted molar refractivity (Wildman–Crippen MR) is 65.8 cm³/mol. The van der Waals surface area contributed by atoms with Crippen molar-refractivity contribution in [3.05, 3.63) is 29.3 Å².